The standard InChI is InChI=1S/C18H33N3O3/c1-19(2)8-4-9-20-10-5-11-21(13-12-20)17(22)15-6-3-7-16(14-15)18(23)24/h15-16H,3-14H2,1-2H3,(H,23,24)/t15-,16+/m1/s1. The van der Waals surface area contributed by atoms with Gasteiger partial charge in [0, 0.05) is 25.6 Å². The van der Waals surface area contributed by atoms with Crippen LogP contribution in [0, 0.1) is 11.8 Å². The van der Waals surface area contributed by atoms with Crippen LogP contribution in [0.15, 0.2) is 0 Å². The molecular formula is C18H33N3O3. The summed E-state index contributed by atoms with van der Waals surface area (Å²) in [4.78, 5) is 30.6. The van der Waals surface area contributed by atoms with Gasteiger partial charge in [-0.2, -0.15) is 0 Å². The summed E-state index contributed by atoms with van der Waals surface area (Å²) in [5, 5.41) is 9.21. The van der Waals surface area contributed by atoms with Gasteiger partial charge in [0.1, 0.15) is 0 Å². The Labute approximate surface area is 145 Å². The van der Waals surface area contributed by atoms with Gasteiger partial charge in [-0.25, -0.2) is 0 Å². The van der Waals surface area contributed by atoms with Crippen LogP contribution in [-0.4, -0.2) is 85.0 Å². The van der Waals surface area contributed by atoms with Crippen LogP contribution in [0.25, 0.3) is 0 Å². The van der Waals surface area contributed by atoms with Crippen molar-refractivity contribution in [3.8, 4) is 0 Å². The maximum Gasteiger partial charge on any atom is 0.306 e. The molecule has 0 bridgehead atoms. The normalized spacial score (nSPS) is 26.4. The Morgan fingerprint density at radius 3 is 2.50 bits per heavy atom. The summed E-state index contributed by atoms with van der Waals surface area (Å²) in [6.45, 7) is 5.78. The van der Waals surface area contributed by atoms with Gasteiger partial charge in [0.25, 0.3) is 0 Å². The van der Waals surface area contributed by atoms with Gasteiger partial charge in [0.2, 0.25) is 5.91 Å². The highest BCUT2D eigenvalue weighted by Gasteiger charge is 2.33. The average Bonchev–Trinajstić information content (AvgIpc) is 2.79. The maximum absolute atomic E-state index is 12.8. The first-order valence-electron chi connectivity index (χ1n) is 9.36. The second kappa shape index (κ2) is 9.37. The molecule has 2 rings (SSSR count). The number of aliphatic carboxylic acids is 1. The molecule has 138 valence electrons. The maximum atomic E-state index is 12.8. The SMILES string of the molecule is CN(C)CCCN1CCCN(C(=O)[C@@H]2CCC[C@H](C(=O)O)C2)CC1. The molecule has 2 fully saturated rings. The Kier molecular flexibility index (Phi) is 7.49. The van der Waals surface area contributed by atoms with Crippen LogP contribution in [0.3, 0.4) is 0 Å². The lowest BCUT2D eigenvalue weighted by Crippen LogP contribution is -2.41. The van der Waals surface area contributed by atoms with Crippen molar-refractivity contribution in [3.05, 3.63) is 0 Å². The van der Waals surface area contributed by atoms with Gasteiger partial charge in [-0.1, -0.05) is 6.42 Å². The minimum Gasteiger partial charge on any atom is -0.481 e. The molecular weight excluding hydrogens is 306 g/mol. The van der Waals surface area contributed by atoms with Gasteiger partial charge >= 0.3 is 5.97 Å². The number of carbonyl (C=O) groups is 2. The van der Waals surface area contributed by atoms with E-state index >= 15 is 0 Å². The third-order valence-electron chi connectivity index (χ3n) is 5.35. The van der Waals surface area contributed by atoms with Gasteiger partial charge in [-0.05, 0) is 65.8 Å². The number of carbonyl (C=O) groups excluding carboxylic acids is 1. The van der Waals surface area contributed by atoms with Crippen molar-refractivity contribution in [3.63, 3.8) is 0 Å². The summed E-state index contributed by atoms with van der Waals surface area (Å²) in [5.41, 5.74) is 0. The van der Waals surface area contributed by atoms with Gasteiger partial charge in [0.15, 0.2) is 0 Å². The fraction of sp³-hybridized carbons (Fsp3) is 0.889. The third-order valence-corrected chi connectivity index (χ3v) is 5.35. The number of carboxylic acids is 1. The summed E-state index contributed by atoms with van der Waals surface area (Å²) in [6.07, 6.45) is 5.13. The first-order valence-corrected chi connectivity index (χ1v) is 9.36. The molecule has 2 aliphatic rings. The van der Waals surface area contributed by atoms with Crippen LogP contribution < -0.4 is 0 Å². The van der Waals surface area contributed by atoms with Gasteiger partial charge in [0.05, 0.1) is 5.92 Å². The smallest absolute Gasteiger partial charge is 0.306 e. The summed E-state index contributed by atoms with van der Waals surface area (Å²) in [5.74, 6) is -0.964. The summed E-state index contributed by atoms with van der Waals surface area (Å²) in [6, 6.07) is 0. The van der Waals surface area contributed by atoms with E-state index in [2.05, 4.69) is 23.9 Å². The fourth-order valence-electron chi connectivity index (χ4n) is 3.92. The van der Waals surface area contributed by atoms with E-state index in [0.29, 0.717) is 6.42 Å². The molecule has 1 saturated heterocycles. The lowest BCUT2D eigenvalue weighted by Gasteiger charge is -2.31. The molecule has 1 aliphatic heterocycles. The molecule has 0 aromatic heterocycles. The van der Waals surface area contributed by atoms with Crippen molar-refractivity contribution >= 4 is 11.9 Å². The van der Waals surface area contributed by atoms with Crippen LogP contribution in [-0.2, 0) is 9.59 Å². The Bertz CT molecular complexity index is 428. The topological polar surface area (TPSA) is 64.1 Å². The van der Waals surface area contributed by atoms with Crippen LogP contribution in [0.4, 0.5) is 0 Å². The van der Waals surface area contributed by atoms with E-state index in [9.17, 15) is 14.7 Å². The zero-order chi connectivity index (χ0) is 17.5. The molecule has 1 amide bonds. The van der Waals surface area contributed by atoms with E-state index in [-0.39, 0.29) is 17.7 Å². The Morgan fingerprint density at radius 2 is 1.79 bits per heavy atom. The molecule has 0 aromatic rings. The number of hydrogen-bond donors (Lipinski definition) is 1. The quantitative estimate of drug-likeness (QED) is 0.792. The van der Waals surface area contributed by atoms with Crippen LogP contribution in [0.5, 0.6) is 0 Å². The van der Waals surface area contributed by atoms with Crippen molar-refractivity contribution in [1.29, 1.82) is 0 Å². The Morgan fingerprint density at radius 1 is 1.04 bits per heavy atom. The number of amides is 1. The first-order chi connectivity index (χ1) is 11.5. The molecule has 6 heteroatoms. The van der Waals surface area contributed by atoms with Crippen molar-refractivity contribution in [2.45, 2.75) is 38.5 Å². The minimum absolute atomic E-state index is 0.0832. The number of rotatable bonds is 6. The van der Waals surface area contributed by atoms with E-state index < -0.39 is 5.97 Å². The lowest BCUT2D eigenvalue weighted by atomic mass is 9.80. The summed E-state index contributed by atoms with van der Waals surface area (Å²) < 4.78 is 0. The highest BCUT2D eigenvalue weighted by molar-refractivity contribution is 5.80. The van der Waals surface area contributed by atoms with E-state index in [1.165, 1.54) is 0 Å². The molecule has 1 N–H and O–H groups in total. The number of hydrogen-bond acceptors (Lipinski definition) is 4. The molecule has 1 saturated carbocycles. The Hall–Kier alpha value is -1.14. The predicted molar refractivity (Wildman–Crippen MR) is 93.9 cm³/mol. The third kappa shape index (κ3) is 5.74. The van der Waals surface area contributed by atoms with Crippen LogP contribution in [0.1, 0.15) is 38.5 Å². The monoisotopic (exact) mass is 339 g/mol. The highest BCUT2D eigenvalue weighted by atomic mass is 16.4. The van der Waals surface area contributed by atoms with Gasteiger partial charge < -0.3 is 19.8 Å². The lowest BCUT2D eigenvalue weighted by molar-refractivity contribution is -0.145. The van der Waals surface area contributed by atoms with Gasteiger partial charge in [-0.3, -0.25) is 9.59 Å². The number of carboxylic acid groups (broad SMARTS) is 1. The fourth-order valence-corrected chi connectivity index (χ4v) is 3.92. The van der Waals surface area contributed by atoms with Crippen molar-refractivity contribution < 1.29 is 14.7 Å². The zero-order valence-corrected chi connectivity index (χ0v) is 15.2. The van der Waals surface area contributed by atoms with E-state index in [4.69, 9.17) is 0 Å². The van der Waals surface area contributed by atoms with E-state index in [0.717, 1.165) is 71.4 Å². The Balaban J connectivity index is 1.80. The molecule has 0 spiro atoms. The second-order valence-electron chi connectivity index (χ2n) is 7.58. The molecule has 1 aliphatic carbocycles. The number of nitrogens with zero attached hydrogens (tertiary/aromatic N) is 3. The van der Waals surface area contributed by atoms with Crippen molar-refractivity contribution in [2.24, 2.45) is 11.8 Å². The molecule has 1 heterocycles. The molecule has 0 aromatic carbocycles. The predicted octanol–water partition coefficient (Wildman–Crippen LogP) is 1.36. The second-order valence-corrected chi connectivity index (χ2v) is 7.58. The summed E-state index contributed by atoms with van der Waals surface area (Å²) >= 11 is 0. The van der Waals surface area contributed by atoms with E-state index in [1.807, 2.05) is 4.90 Å². The van der Waals surface area contributed by atoms with Gasteiger partial charge in [-0.15, -0.1) is 0 Å². The molecule has 0 radical (unpaired) electrons. The van der Waals surface area contributed by atoms with Crippen LogP contribution >= 0.6 is 0 Å². The molecule has 2 atom stereocenters. The zero-order valence-electron chi connectivity index (χ0n) is 15.2. The summed E-state index contributed by atoms with van der Waals surface area (Å²) in [7, 11) is 4.19. The molecule has 6 nitrogen and oxygen atoms in total. The van der Waals surface area contributed by atoms with Crippen LogP contribution in [0.2, 0.25) is 0 Å². The average molecular weight is 339 g/mol. The van der Waals surface area contributed by atoms with E-state index in [1.54, 1.807) is 0 Å². The molecule has 24 heavy (non-hydrogen) atoms. The molecule has 0 unspecified atom stereocenters. The largest absolute Gasteiger partial charge is 0.481 e. The van der Waals surface area contributed by atoms with Crippen molar-refractivity contribution in [1.82, 2.24) is 14.7 Å². The minimum atomic E-state index is -0.740. The highest BCUT2D eigenvalue weighted by Crippen LogP contribution is 2.30. The first kappa shape index (κ1) is 19.2. The van der Waals surface area contributed by atoms with Crippen molar-refractivity contribution in [2.75, 3.05) is 53.4 Å².